The molecule has 1 aromatic rings. The Morgan fingerprint density at radius 1 is 1.43 bits per heavy atom. The Morgan fingerprint density at radius 2 is 2.30 bits per heavy atom. The van der Waals surface area contributed by atoms with Crippen LogP contribution in [-0.2, 0) is 16.1 Å². The molecule has 1 amide bonds. The van der Waals surface area contributed by atoms with E-state index in [1.165, 1.54) is 12.8 Å². The van der Waals surface area contributed by atoms with Gasteiger partial charge in [0.25, 0.3) is 0 Å². The average Bonchev–Trinajstić information content (AvgIpc) is 3.15. The smallest absolute Gasteiger partial charge is 0.220 e. The molecule has 0 radical (unpaired) electrons. The fraction of sp³-hybridized carbons (Fsp3) is 0.765. The maximum absolute atomic E-state index is 12.1. The van der Waals surface area contributed by atoms with Gasteiger partial charge in [-0.25, -0.2) is 4.98 Å². The van der Waals surface area contributed by atoms with Gasteiger partial charge in [-0.2, -0.15) is 0 Å². The van der Waals surface area contributed by atoms with Crippen LogP contribution in [0.3, 0.4) is 0 Å². The van der Waals surface area contributed by atoms with E-state index < -0.39 is 0 Å². The highest BCUT2D eigenvalue weighted by molar-refractivity contribution is 5.73. The second kappa shape index (κ2) is 7.45. The molecule has 2 saturated heterocycles. The summed E-state index contributed by atoms with van der Waals surface area (Å²) in [5.41, 5.74) is 0. The molecule has 128 valence electrons. The van der Waals surface area contributed by atoms with Gasteiger partial charge < -0.3 is 14.1 Å². The quantitative estimate of drug-likeness (QED) is 0.830. The summed E-state index contributed by atoms with van der Waals surface area (Å²) in [6.45, 7) is 7.78. The predicted molar refractivity (Wildman–Crippen MR) is 85.9 cm³/mol. The second-order valence-corrected chi connectivity index (χ2v) is 6.70. The van der Waals surface area contributed by atoms with E-state index in [-0.39, 0.29) is 11.9 Å². The number of rotatable bonds is 5. The third-order valence-corrected chi connectivity index (χ3v) is 4.80. The molecule has 23 heavy (non-hydrogen) atoms. The molecule has 0 N–H and O–H groups in total. The van der Waals surface area contributed by atoms with Crippen LogP contribution < -0.4 is 0 Å². The Labute approximate surface area is 137 Å². The Morgan fingerprint density at radius 3 is 2.96 bits per heavy atom. The summed E-state index contributed by atoms with van der Waals surface area (Å²) in [5, 5.41) is 0. The van der Waals surface area contributed by atoms with Crippen LogP contribution in [0.5, 0.6) is 0 Å². The van der Waals surface area contributed by atoms with Gasteiger partial charge in [0.05, 0.1) is 18.8 Å². The van der Waals surface area contributed by atoms with Crippen molar-refractivity contribution in [1.29, 1.82) is 0 Å². The van der Waals surface area contributed by atoms with E-state index >= 15 is 0 Å². The molecule has 2 aliphatic heterocycles. The van der Waals surface area contributed by atoms with Crippen molar-refractivity contribution < 1.29 is 13.9 Å². The summed E-state index contributed by atoms with van der Waals surface area (Å²) in [5.74, 6) is 1.49. The number of carbonyl (C=O) groups is 1. The largest absolute Gasteiger partial charge is 0.444 e. The number of carbonyl (C=O) groups excluding carboxylic acids is 1. The zero-order valence-electron chi connectivity index (χ0n) is 14.2. The Balaban J connectivity index is 1.55. The first-order chi connectivity index (χ1) is 11.1. The van der Waals surface area contributed by atoms with Gasteiger partial charge >= 0.3 is 0 Å². The molecular weight excluding hydrogens is 294 g/mol. The van der Waals surface area contributed by atoms with Gasteiger partial charge in [0.1, 0.15) is 5.76 Å². The van der Waals surface area contributed by atoms with Gasteiger partial charge in [0, 0.05) is 39.2 Å². The molecule has 2 fully saturated rings. The van der Waals surface area contributed by atoms with Crippen LogP contribution in [0.15, 0.2) is 10.6 Å². The Kier molecular flexibility index (Phi) is 5.33. The fourth-order valence-corrected chi connectivity index (χ4v) is 3.59. The van der Waals surface area contributed by atoms with E-state index in [1.54, 1.807) is 13.1 Å². The lowest BCUT2D eigenvalue weighted by Crippen LogP contribution is -2.41. The zero-order valence-corrected chi connectivity index (χ0v) is 14.2. The van der Waals surface area contributed by atoms with E-state index in [0.717, 1.165) is 44.8 Å². The van der Waals surface area contributed by atoms with Crippen molar-refractivity contribution in [2.45, 2.75) is 58.2 Å². The van der Waals surface area contributed by atoms with Crippen LogP contribution in [-0.4, -0.2) is 59.1 Å². The molecule has 6 heteroatoms. The third-order valence-electron chi connectivity index (χ3n) is 4.80. The number of hydrogen-bond acceptors (Lipinski definition) is 5. The zero-order chi connectivity index (χ0) is 16.2. The second-order valence-electron chi connectivity index (χ2n) is 6.70. The Bertz CT molecular complexity index is 525. The standard InChI is InChI=1S/C17H27N3O3/c1-13-9-18-17(23-13)12-20(14(2)21)15-6-7-19(10-15)11-16-5-3-4-8-22-16/h9,15-16H,3-8,10-12H2,1-2H3/t15-,16-/m0/s1. The number of ether oxygens (including phenoxy) is 1. The molecule has 2 atom stereocenters. The molecule has 0 unspecified atom stereocenters. The summed E-state index contributed by atoms with van der Waals surface area (Å²) < 4.78 is 11.4. The summed E-state index contributed by atoms with van der Waals surface area (Å²) in [4.78, 5) is 20.6. The molecule has 1 aromatic heterocycles. The normalized spacial score (nSPS) is 25.7. The van der Waals surface area contributed by atoms with E-state index in [0.29, 0.717) is 18.5 Å². The van der Waals surface area contributed by atoms with Crippen molar-refractivity contribution >= 4 is 5.91 Å². The number of oxazole rings is 1. The van der Waals surface area contributed by atoms with Gasteiger partial charge in [0.2, 0.25) is 11.8 Å². The van der Waals surface area contributed by atoms with Gasteiger partial charge in [-0.05, 0) is 32.6 Å². The third kappa shape index (κ3) is 4.32. The monoisotopic (exact) mass is 321 g/mol. The van der Waals surface area contributed by atoms with Crippen molar-refractivity contribution in [3.8, 4) is 0 Å². The molecule has 0 aliphatic carbocycles. The van der Waals surface area contributed by atoms with E-state index in [1.807, 2.05) is 11.8 Å². The highest BCUT2D eigenvalue weighted by Crippen LogP contribution is 2.21. The van der Waals surface area contributed by atoms with Crippen LogP contribution in [0.4, 0.5) is 0 Å². The van der Waals surface area contributed by atoms with Crippen LogP contribution in [0.2, 0.25) is 0 Å². The van der Waals surface area contributed by atoms with Gasteiger partial charge in [0.15, 0.2) is 0 Å². The molecular formula is C17H27N3O3. The minimum Gasteiger partial charge on any atom is -0.444 e. The Hall–Kier alpha value is -1.40. The average molecular weight is 321 g/mol. The topological polar surface area (TPSA) is 58.8 Å². The van der Waals surface area contributed by atoms with Crippen molar-refractivity contribution in [2.75, 3.05) is 26.2 Å². The van der Waals surface area contributed by atoms with Crippen LogP contribution in [0.1, 0.15) is 44.3 Å². The molecule has 0 spiro atoms. The highest BCUT2D eigenvalue weighted by atomic mass is 16.5. The van der Waals surface area contributed by atoms with Crippen LogP contribution in [0.25, 0.3) is 0 Å². The maximum atomic E-state index is 12.1. The molecule has 3 heterocycles. The van der Waals surface area contributed by atoms with Gasteiger partial charge in [-0.15, -0.1) is 0 Å². The fourth-order valence-electron chi connectivity index (χ4n) is 3.59. The molecule has 2 aliphatic rings. The van der Waals surface area contributed by atoms with Crippen molar-refractivity contribution in [2.24, 2.45) is 0 Å². The lowest BCUT2D eigenvalue weighted by atomic mass is 10.1. The van der Waals surface area contributed by atoms with Crippen LogP contribution in [0, 0.1) is 6.92 Å². The summed E-state index contributed by atoms with van der Waals surface area (Å²) in [7, 11) is 0. The number of aromatic nitrogens is 1. The summed E-state index contributed by atoms with van der Waals surface area (Å²) in [6.07, 6.45) is 6.69. The predicted octanol–water partition coefficient (Wildman–Crippen LogP) is 1.97. The molecule has 6 nitrogen and oxygen atoms in total. The number of likely N-dealkylation sites (tertiary alicyclic amines) is 1. The first kappa shape index (κ1) is 16.5. The van der Waals surface area contributed by atoms with Gasteiger partial charge in [-0.3, -0.25) is 9.69 Å². The number of amides is 1. The minimum absolute atomic E-state index is 0.0848. The van der Waals surface area contributed by atoms with E-state index in [9.17, 15) is 4.79 Å². The van der Waals surface area contributed by atoms with Crippen molar-refractivity contribution in [3.63, 3.8) is 0 Å². The lowest BCUT2D eigenvalue weighted by Gasteiger charge is -2.29. The first-order valence-electron chi connectivity index (χ1n) is 8.64. The molecule has 0 aromatic carbocycles. The molecule has 0 saturated carbocycles. The summed E-state index contributed by atoms with van der Waals surface area (Å²) >= 11 is 0. The van der Waals surface area contributed by atoms with Crippen molar-refractivity contribution in [1.82, 2.24) is 14.8 Å². The minimum atomic E-state index is 0.0848. The van der Waals surface area contributed by atoms with E-state index in [4.69, 9.17) is 9.15 Å². The maximum Gasteiger partial charge on any atom is 0.220 e. The first-order valence-corrected chi connectivity index (χ1v) is 8.64. The number of nitrogens with zero attached hydrogens (tertiary/aromatic N) is 3. The van der Waals surface area contributed by atoms with Crippen LogP contribution >= 0.6 is 0 Å². The molecule has 3 rings (SSSR count). The SMILES string of the molecule is CC(=O)N(Cc1ncc(C)o1)[C@H]1CCN(C[C@@H]2CCCCO2)C1. The number of aryl methyl sites for hydroxylation is 1. The highest BCUT2D eigenvalue weighted by Gasteiger charge is 2.31. The number of hydrogen-bond donors (Lipinski definition) is 0. The van der Waals surface area contributed by atoms with E-state index in [2.05, 4.69) is 9.88 Å². The summed E-state index contributed by atoms with van der Waals surface area (Å²) in [6, 6.07) is 0.239. The lowest BCUT2D eigenvalue weighted by molar-refractivity contribution is -0.132. The van der Waals surface area contributed by atoms with Gasteiger partial charge in [-0.1, -0.05) is 0 Å². The van der Waals surface area contributed by atoms with Crippen molar-refractivity contribution in [3.05, 3.63) is 17.8 Å². The molecule has 0 bridgehead atoms.